The first-order valence-corrected chi connectivity index (χ1v) is 10.9. The topological polar surface area (TPSA) is 105 Å². The number of alkyl carbamates (subject to hydrolysis) is 1. The molecular weight excluding hydrogens is 408 g/mol. The lowest BCUT2D eigenvalue weighted by molar-refractivity contribution is -0.142. The molecule has 3 rings (SSSR count). The molecule has 2 aromatic carbocycles. The Labute approximate surface area is 188 Å². The monoisotopic (exact) mass is 438 g/mol. The Balaban J connectivity index is 1.56. The first-order valence-electron chi connectivity index (χ1n) is 10.9. The highest BCUT2D eigenvalue weighted by Gasteiger charge is 2.29. The number of amides is 2. The second-order valence-electron chi connectivity index (χ2n) is 8.56. The predicted molar refractivity (Wildman–Crippen MR) is 121 cm³/mol. The fourth-order valence-electron chi connectivity index (χ4n) is 3.94. The van der Waals surface area contributed by atoms with Crippen LogP contribution in [-0.2, 0) is 14.3 Å². The lowest BCUT2D eigenvalue weighted by Gasteiger charge is -2.20. The molecule has 0 saturated carbocycles. The van der Waals surface area contributed by atoms with Crippen LogP contribution in [0.4, 0.5) is 4.79 Å². The number of rotatable bonds is 9. The van der Waals surface area contributed by atoms with Gasteiger partial charge in [-0.3, -0.25) is 4.79 Å². The molecule has 0 fully saturated rings. The normalized spacial score (nSPS) is 14.2. The van der Waals surface area contributed by atoms with Gasteiger partial charge in [0.1, 0.15) is 18.7 Å². The molecule has 32 heavy (non-hydrogen) atoms. The van der Waals surface area contributed by atoms with Gasteiger partial charge in [-0.1, -0.05) is 62.4 Å². The van der Waals surface area contributed by atoms with Crippen molar-refractivity contribution in [2.24, 2.45) is 5.92 Å². The fraction of sp³-hybridized carbons (Fsp3) is 0.400. The molecular formula is C25H30N2O5. The summed E-state index contributed by atoms with van der Waals surface area (Å²) >= 11 is 0. The summed E-state index contributed by atoms with van der Waals surface area (Å²) in [5.41, 5.74) is 4.46. The van der Waals surface area contributed by atoms with E-state index in [1.165, 1.54) is 6.92 Å². The Morgan fingerprint density at radius 1 is 0.906 bits per heavy atom. The van der Waals surface area contributed by atoms with Crippen LogP contribution in [0.5, 0.6) is 0 Å². The van der Waals surface area contributed by atoms with E-state index in [0.29, 0.717) is 18.8 Å². The SMILES string of the molecule is CC(C)CCC(NC(=O)[C@H](C)NC(=O)OCC1c2ccccc2-c2ccccc21)C(=O)O. The molecule has 7 nitrogen and oxygen atoms in total. The molecule has 2 aromatic rings. The van der Waals surface area contributed by atoms with Crippen molar-refractivity contribution >= 4 is 18.0 Å². The molecule has 0 bridgehead atoms. The van der Waals surface area contributed by atoms with Crippen LogP contribution >= 0.6 is 0 Å². The second-order valence-corrected chi connectivity index (χ2v) is 8.56. The van der Waals surface area contributed by atoms with Crippen molar-refractivity contribution in [3.63, 3.8) is 0 Å². The fourth-order valence-corrected chi connectivity index (χ4v) is 3.94. The lowest BCUT2D eigenvalue weighted by atomic mass is 9.98. The van der Waals surface area contributed by atoms with Crippen LogP contribution in [-0.4, -0.2) is 41.8 Å². The maximum Gasteiger partial charge on any atom is 0.407 e. The smallest absolute Gasteiger partial charge is 0.407 e. The molecule has 3 N–H and O–H groups in total. The van der Waals surface area contributed by atoms with E-state index in [-0.39, 0.29) is 12.5 Å². The number of nitrogens with one attached hydrogen (secondary N) is 2. The van der Waals surface area contributed by atoms with E-state index < -0.39 is 30.1 Å². The summed E-state index contributed by atoms with van der Waals surface area (Å²) in [4.78, 5) is 36.1. The number of carboxylic acid groups (broad SMARTS) is 1. The molecule has 0 heterocycles. The highest BCUT2D eigenvalue weighted by molar-refractivity contribution is 5.89. The minimum Gasteiger partial charge on any atom is -0.480 e. The molecule has 0 spiro atoms. The van der Waals surface area contributed by atoms with Gasteiger partial charge in [0, 0.05) is 5.92 Å². The largest absolute Gasteiger partial charge is 0.480 e. The van der Waals surface area contributed by atoms with Gasteiger partial charge in [0.2, 0.25) is 5.91 Å². The first kappa shape index (κ1) is 23.3. The van der Waals surface area contributed by atoms with Gasteiger partial charge in [-0.15, -0.1) is 0 Å². The van der Waals surface area contributed by atoms with Crippen LogP contribution in [0.2, 0.25) is 0 Å². The highest BCUT2D eigenvalue weighted by Crippen LogP contribution is 2.44. The van der Waals surface area contributed by atoms with Gasteiger partial charge in [-0.25, -0.2) is 9.59 Å². The number of carbonyl (C=O) groups excluding carboxylic acids is 2. The summed E-state index contributed by atoms with van der Waals surface area (Å²) in [6.07, 6.45) is 0.283. The molecule has 0 aromatic heterocycles. The van der Waals surface area contributed by atoms with Gasteiger partial charge in [0.05, 0.1) is 0 Å². The zero-order valence-corrected chi connectivity index (χ0v) is 18.6. The number of hydrogen-bond donors (Lipinski definition) is 3. The summed E-state index contributed by atoms with van der Waals surface area (Å²) < 4.78 is 5.45. The van der Waals surface area contributed by atoms with Gasteiger partial charge in [-0.2, -0.15) is 0 Å². The van der Waals surface area contributed by atoms with Crippen molar-refractivity contribution in [3.05, 3.63) is 59.7 Å². The van der Waals surface area contributed by atoms with Crippen molar-refractivity contribution in [2.45, 2.75) is 51.6 Å². The molecule has 2 atom stereocenters. The van der Waals surface area contributed by atoms with Crippen LogP contribution in [0.3, 0.4) is 0 Å². The zero-order chi connectivity index (χ0) is 23.3. The number of hydrogen-bond acceptors (Lipinski definition) is 4. The van der Waals surface area contributed by atoms with Gasteiger partial charge >= 0.3 is 12.1 Å². The Hall–Kier alpha value is -3.35. The Kier molecular flexibility index (Phi) is 7.51. The molecule has 7 heteroatoms. The molecule has 2 amide bonds. The lowest BCUT2D eigenvalue weighted by Crippen LogP contribution is -2.50. The van der Waals surface area contributed by atoms with Crippen LogP contribution in [0.15, 0.2) is 48.5 Å². The Bertz CT molecular complexity index is 942. The van der Waals surface area contributed by atoms with Crippen molar-refractivity contribution in [1.82, 2.24) is 10.6 Å². The van der Waals surface area contributed by atoms with E-state index in [0.717, 1.165) is 22.3 Å². The van der Waals surface area contributed by atoms with E-state index >= 15 is 0 Å². The van der Waals surface area contributed by atoms with Crippen LogP contribution in [0.1, 0.15) is 50.7 Å². The number of carbonyl (C=O) groups is 3. The predicted octanol–water partition coefficient (Wildman–Crippen LogP) is 3.92. The molecule has 1 unspecified atom stereocenters. The van der Waals surface area contributed by atoms with Crippen molar-refractivity contribution < 1.29 is 24.2 Å². The highest BCUT2D eigenvalue weighted by atomic mass is 16.5. The van der Waals surface area contributed by atoms with Crippen molar-refractivity contribution in [2.75, 3.05) is 6.61 Å². The number of fused-ring (bicyclic) bond motifs is 3. The number of ether oxygens (including phenoxy) is 1. The van der Waals surface area contributed by atoms with Crippen LogP contribution in [0.25, 0.3) is 11.1 Å². The number of carboxylic acids is 1. The van der Waals surface area contributed by atoms with Crippen LogP contribution < -0.4 is 10.6 Å². The summed E-state index contributed by atoms with van der Waals surface area (Å²) in [5.74, 6) is -1.41. The van der Waals surface area contributed by atoms with Crippen molar-refractivity contribution in [1.29, 1.82) is 0 Å². The van der Waals surface area contributed by atoms with Gasteiger partial charge in [0.15, 0.2) is 0 Å². The van der Waals surface area contributed by atoms with E-state index in [9.17, 15) is 19.5 Å². The van der Waals surface area contributed by atoms with Gasteiger partial charge < -0.3 is 20.5 Å². The van der Waals surface area contributed by atoms with Gasteiger partial charge in [-0.05, 0) is 47.9 Å². The van der Waals surface area contributed by atoms with E-state index in [2.05, 4.69) is 22.8 Å². The average Bonchev–Trinajstić information content (AvgIpc) is 3.08. The van der Waals surface area contributed by atoms with Crippen molar-refractivity contribution in [3.8, 4) is 11.1 Å². The average molecular weight is 439 g/mol. The van der Waals surface area contributed by atoms with Crippen LogP contribution in [0, 0.1) is 5.92 Å². The minimum atomic E-state index is -1.09. The van der Waals surface area contributed by atoms with E-state index in [1.54, 1.807) is 0 Å². The zero-order valence-electron chi connectivity index (χ0n) is 18.6. The standard InChI is InChI=1S/C25H30N2O5/c1-15(2)12-13-22(24(29)30)27-23(28)16(3)26-25(31)32-14-21-19-10-6-4-8-17(19)18-9-5-7-11-20(18)21/h4-11,15-16,21-22H,12-14H2,1-3H3,(H,26,31)(H,27,28)(H,29,30)/t16-,22?/m0/s1. The third-order valence-electron chi connectivity index (χ3n) is 5.72. The Morgan fingerprint density at radius 2 is 1.47 bits per heavy atom. The van der Waals surface area contributed by atoms with Gasteiger partial charge in [0.25, 0.3) is 0 Å². The minimum absolute atomic E-state index is 0.0790. The summed E-state index contributed by atoms with van der Waals surface area (Å²) in [6.45, 7) is 5.61. The van der Waals surface area contributed by atoms with E-state index in [1.807, 2.05) is 50.2 Å². The summed E-state index contributed by atoms with van der Waals surface area (Å²) in [5, 5.41) is 14.3. The number of benzene rings is 2. The molecule has 1 aliphatic carbocycles. The first-order chi connectivity index (χ1) is 15.3. The molecule has 0 saturated heterocycles. The Morgan fingerprint density at radius 3 is 2.00 bits per heavy atom. The maximum absolute atomic E-state index is 12.4. The molecule has 1 aliphatic rings. The molecule has 170 valence electrons. The summed E-state index contributed by atoms with van der Waals surface area (Å²) in [6, 6.07) is 14.1. The quantitative estimate of drug-likeness (QED) is 0.550. The third kappa shape index (κ3) is 5.46. The molecule has 0 radical (unpaired) electrons. The van der Waals surface area contributed by atoms with E-state index in [4.69, 9.17) is 4.74 Å². The summed E-state index contributed by atoms with van der Waals surface area (Å²) in [7, 11) is 0. The number of aliphatic carboxylic acids is 1. The second kappa shape index (κ2) is 10.3. The third-order valence-corrected chi connectivity index (χ3v) is 5.72. The maximum atomic E-state index is 12.4. The molecule has 0 aliphatic heterocycles.